The van der Waals surface area contributed by atoms with E-state index in [2.05, 4.69) is 10.6 Å². The van der Waals surface area contributed by atoms with Crippen molar-refractivity contribution in [2.45, 2.75) is 43.7 Å². The Labute approximate surface area is 109 Å². The summed E-state index contributed by atoms with van der Waals surface area (Å²) in [6.07, 6.45) is 4.85. The summed E-state index contributed by atoms with van der Waals surface area (Å²) in [6.45, 7) is 2.96. The molecule has 104 valence electrons. The first-order valence-corrected chi connectivity index (χ1v) is 6.86. The van der Waals surface area contributed by atoms with Crippen molar-refractivity contribution < 1.29 is 14.3 Å². The van der Waals surface area contributed by atoms with Gasteiger partial charge < -0.3 is 20.1 Å². The van der Waals surface area contributed by atoms with E-state index >= 15 is 0 Å². The van der Waals surface area contributed by atoms with Crippen LogP contribution in [0.1, 0.15) is 32.1 Å². The Morgan fingerprint density at radius 2 is 2.28 bits per heavy atom. The third kappa shape index (κ3) is 3.67. The van der Waals surface area contributed by atoms with Crippen molar-refractivity contribution in [1.29, 1.82) is 0 Å². The largest absolute Gasteiger partial charge is 0.382 e. The molecule has 0 aromatic heterocycles. The summed E-state index contributed by atoms with van der Waals surface area (Å²) in [5.74, 6) is 0.0858. The summed E-state index contributed by atoms with van der Waals surface area (Å²) >= 11 is 0. The van der Waals surface area contributed by atoms with Gasteiger partial charge in [0.05, 0.1) is 31.3 Å². The van der Waals surface area contributed by atoms with E-state index in [9.17, 15) is 4.79 Å². The molecule has 5 nitrogen and oxygen atoms in total. The standard InChI is InChI=1S/C13H24N2O3/c1-17-10-13(4-2-3-5-13)15-12(16)8-11-9-14-6-7-18-11/h11,14H,2-10H2,1H3,(H,15,16)/t11-/m0/s1. The highest BCUT2D eigenvalue weighted by molar-refractivity contribution is 5.77. The first-order chi connectivity index (χ1) is 8.74. The molecule has 2 N–H and O–H groups in total. The number of methoxy groups -OCH3 is 1. The normalized spacial score (nSPS) is 27.1. The van der Waals surface area contributed by atoms with E-state index in [-0.39, 0.29) is 17.6 Å². The van der Waals surface area contributed by atoms with Gasteiger partial charge in [-0.2, -0.15) is 0 Å². The van der Waals surface area contributed by atoms with Crippen molar-refractivity contribution >= 4 is 5.91 Å². The zero-order chi connectivity index (χ0) is 12.8. The van der Waals surface area contributed by atoms with Crippen LogP contribution in [0.5, 0.6) is 0 Å². The molecule has 2 rings (SSSR count). The Hall–Kier alpha value is -0.650. The third-order valence-electron chi connectivity index (χ3n) is 3.80. The molecule has 0 radical (unpaired) electrons. The zero-order valence-corrected chi connectivity index (χ0v) is 11.2. The Morgan fingerprint density at radius 1 is 1.50 bits per heavy atom. The molecule has 0 aromatic carbocycles. The minimum Gasteiger partial charge on any atom is -0.382 e. The molecule has 1 aliphatic carbocycles. The van der Waals surface area contributed by atoms with Gasteiger partial charge in [0.25, 0.3) is 0 Å². The number of ether oxygens (including phenoxy) is 2. The molecule has 0 aromatic rings. The predicted octanol–water partition coefficient (Wildman–Crippen LogP) is 0.440. The second kappa shape index (κ2) is 6.50. The van der Waals surface area contributed by atoms with Crippen LogP contribution < -0.4 is 10.6 Å². The summed E-state index contributed by atoms with van der Waals surface area (Å²) in [6, 6.07) is 0. The predicted molar refractivity (Wildman–Crippen MR) is 68.4 cm³/mol. The number of rotatable bonds is 5. The average Bonchev–Trinajstić information content (AvgIpc) is 2.79. The Bertz CT molecular complexity index is 271. The fraction of sp³-hybridized carbons (Fsp3) is 0.923. The maximum Gasteiger partial charge on any atom is 0.223 e. The van der Waals surface area contributed by atoms with Gasteiger partial charge in [-0.1, -0.05) is 12.8 Å². The van der Waals surface area contributed by atoms with Gasteiger partial charge in [-0.05, 0) is 12.8 Å². The maximum absolute atomic E-state index is 12.1. The molecule has 1 saturated heterocycles. The van der Waals surface area contributed by atoms with Crippen LogP contribution in [0.2, 0.25) is 0 Å². The Kier molecular flexibility index (Phi) is 4.97. The van der Waals surface area contributed by atoms with E-state index in [4.69, 9.17) is 9.47 Å². The number of amides is 1. The summed E-state index contributed by atoms with van der Waals surface area (Å²) in [5, 5.41) is 6.41. The molecule has 5 heteroatoms. The molecular weight excluding hydrogens is 232 g/mol. The first-order valence-electron chi connectivity index (χ1n) is 6.86. The smallest absolute Gasteiger partial charge is 0.223 e. The molecule has 18 heavy (non-hydrogen) atoms. The highest BCUT2D eigenvalue weighted by atomic mass is 16.5. The second-order valence-electron chi connectivity index (χ2n) is 5.37. The average molecular weight is 256 g/mol. The topological polar surface area (TPSA) is 59.6 Å². The summed E-state index contributed by atoms with van der Waals surface area (Å²) < 4.78 is 10.8. The lowest BCUT2D eigenvalue weighted by Crippen LogP contribution is -2.51. The van der Waals surface area contributed by atoms with Crippen LogP contribution in [-0.4, -0.2) is 51.0 Å². The van der Waals surface area contributed by atoms with Gasteiger partial charge in [0.1, 0.15) is 0 Å². The number of hydrogen-bond donors (Lipinski definition) is 2. The SMILES string of the molecule is COCC1(NC(=O)C[C@H]2CNCCO2)CCCC1. The van der Waals surface area contributed by atoms with Crippen molar-refractivity contribution in [3.05, 3.63) is 0 Å². The number of morpholine rings is 1. The van der Waals surface area contributed by atoms with Crippen molar-refractivity contribution in [2.24, 2.45) is 0 Å². The van der Waals surface area contributed by atoms with Crippen LogP contribution in [-0.2, 0) is 14.3 Å². The second-order valence-corrected chi connectivity index (χ2v) is 5.37. The zero-order valence-electron chi connectivity index (χ0n) is 11.2. The van der Waals surface area contributed by atoms with Crippen molar-refractivity contribution in [3.8, 4) is 0 Å². The Morgan fingerprint density at radius 3 is 2.89 bits per heavy atom. The monoisotopic (exact) mass is 256 g/mol. The molecule has 0 bridgehead atoms. The van der Waals surface area contributed by atoms with Crippen LogP contribution >= 0.6 is 0 Å². The lowest BCUT2D eigenvalue weighted by molar-refractivity contribution is -0.127. The minimum atomic E-state index is -0.131. The van der Waals surface area contributed by atoms with Gasteiger partial charge in [-0.15, -0.1) is 0 Å². The van der Waals surface area contributed by atoms with E-state index in [1.54, 1.807) is 7.11 Å². The highest BCUT2D eigenvalue weighted by Crippen LogP contribution is 2.30. The van der Waals surface area contributed by atoms with Gasteiger partial charge in [0.15, 0.2) is 0 Å². The molecule has 1 amide bonds. The van der Waals surface area contributed by atoms with E-state index in [0.717, 1.165) is 25.9 Å². The lowest BCUT2D eigenvalue weighted by atomic mass is 9.98. The third-order valence-corrected chi connectivity index (χ3v) is 3.80. The molecule has 1 heterocycles. The van der Waals surface area contributed by atoms with Crippen molar-refractivity contribution in [1.82, 2.24) is 10.6 Å². The van der Waals surface area contributed by atoms with E-state index < -0.39 is 0 Å². The van der Waals surface area contributed by atoms with E-state index in [1.165, 1.54) is 12.8 Å². The molecular formula is C13H24N2O3. The van der Waals surface area contributed by atoms with Crippen LogP contribution in [0.15, 0.2) is 0 Å². The van der Waals surface area contributed by atoms with Crippen molar-refractivity contribution in [3.63, 3.8) is 0 Å². The summed E-state index contributed by atoms with van der Waals surface area (Å²) in [7, 11) is 1.69. The number of carbonyl (C=O) groups is 1. The lowest BCUT2D eigenvalue weighted by Gasteiger charge is -2.31. The number of carbonyl (C=O) groups excluding carboxylic acids is 1. The van der Waals surface area contributed by atoms with Gasteiger partial charge in [-0.3, -0.25) is 4.79 Å². The van der Waals surface area contributed by atoms with Gasteiger partial charge >= 0.3 is 0 Å². The van der Waals surface area contributed by atoms with Gasteiger partial charge in [-0.25, -0.2) is 0 Å². The van der Waals surface area contributed by atoms with E-state index in [0.29, 0.717) is 19.6 Å². The minimum absolute atomic E-state index is 0.0137. The fourth-order valence-corrected chi connectivity index (χ4v) is 2.94. The Balaban J connectivity index is 1.81. The van der Waals surface area contributed by atoms with Gasteiger partial charge in [0, 0.05) is 20.2 Å². The van der Waals surface area contributed by atoms with Crippen LogP contribution in [0.25, 0.3) is 0 Å². The quantitative estimate of drug-likeness (QED) is 0.749. The van der Waals surface area contributed by atoms with Crippen LogP contribution in [0, 0.1) is 0 Å². The molecule has 1 atom stereocenters. The fourth-order valence-electron chi connectivity index (χ4n) is 2.94. The first kappa shape index (κ1) is 13.8. The van der Waals surface area contributed by atoms with Crippen LogP contribution in [0.4, 0.5) is 0 Å². The number of nitrogens with one attached hydrogen (secondary N) is 2. The van der Waals surface area contributed by atoms with Crippen LogP contribution in [0.3, 0.4) is 0 Å². The van der Waals surface area contributed by atoms with Crippen molar-refractivity contribution in [2.75, 3.05) is 33.4 Å². The molecule has 1 aliphatic heterocycles. The van der Waals surface area contributed by atoms with Gasteiger partial charge in [0.2, 0.25) is 5.91 Å². The van der Waals surface area contributed by atoms with E-state index in [1.807, 2.05) is 0 Å². The molecule has 1 saturated carbocycles. The highest BCUT2D eigenvalue weighted by Gasteiger charge is 2.35. The summed E-state index contributed by atoms with van der Waals surface area (Å²) in [4.78, 5) is 12.1. The molecule has 2 fully saturated rings. The maximum atomic E-state index is 12.1. The molecule has 0 spiro atoms. The molecule has 0 unspecified atom stereocenters. The molecule has 2 aliphatic rings. The summed E-state index contributed by atoms with van der Waals surface area (Å²) in [5.41, 5.74) is -0.131. The number of hydrogen-bond acceptors (Lipinski definition) is 4.